The normalized spacial score (nSPS) is 11.7. The van der Waals surface area contributed by atoms with Crippen LogP contribution in [0.4, 0.5) is 43.9 Å². The summed E-state index contributed by atoms with van der Waals surface area (Å²) in [5.41, 5.74) is 4.36. The van der Waals surface area contributed by atoms with Crippen LogP contribution in [0.3, 0.4) is 0 Å². The first-order chi connectivity index (χ1) is 35.0. The molecule has 0 nitrogen and oxygen atoms in total. The Bertz CT molecular complexity index is 3420. The summed E-state index contributed by atoms with van der Waals surface area (Å²) in [6.07, 6.45) is 1.41. The Labute approximate surface area is 418 Å². The predicted octanol–water partition coefficient (Wildman–Crippen LogP) is 20.2. The van der Waals surface area contributed by atoms with Crippen molar-refractivity contribution in [3.05, 3.63) is 228 Å². The maximum absolute atomic E-state index is 15.5. The number of alkyl halides is 6. The summed E-state index contributed by atoms with van der Waals surface area (Å²) in [7, 11) is 0. The summed E-state index contributed by atoms with van der Waals surface area (Å²) >= 11 is 0. The van der Waals surface area contributed by atoms with E-state index in [1.165, 1.54) is 67.5 Å². The average molecular weight is 997 g/mol. The second kappa shape index (κ2) is 22.5. The topological polar surface area (TPSA) is 0 Å². The molecule has 0 N–H and O–H groups in total. The number of unbranched alkanes of at least 4 members (excludes halogenated alkanes) is 4. The largest absolute Gasteiger partial charge is 0.419 e. The van der Waals surface area contributed by atoms with Gasteiger partial charge in [-0.05, 0) is 151 Å². The Morgan fingerprint density at radius 1 is 0.370 bits per heavy atom. The van der Waals surface area contributed by atoms with E-state index >= 15 is 4.39 Å². The van der Waals surface area contributed by atoms with Crippen LogP contribution in [0.25, 0.3) is 77.2 Å². The maximum Gasteiger partial charge on any atom is 0.419 e. The lowest BCUT2D eigenvalue weighted by Crippen LogP contribution is -2.07. The van der Waals surface area contributed by atoms with Crippen molar-refractivity contribution in [1.82, 2.24) is 0 Å². The smallest absolute Gasteiger partial charge is 0.206 e. The maximum atomic E-state index is 15.5. The van der Waals surface area contributed by atoms with Crippen molar-refractivity contribution < 1.29 is 43.9 Å². The zero-order valence-corrected chi connectivity index (χ0v) is 39.9. The van der Waals surface area contributed by atoms with E-state index in [2.05, 4.69) is 49.9 Å². The van der Waals surface area contributed by atoms with Crippen molar-refractivity contribution in [3.63, 3.8) is 0 Å². The highest BCUT2D eigenvalue weighted by Gasteiger charge is 2.35. The molecule has 0 aliphatic heterocycles. The van der Waals surface area contributed by atoms with Gasteiger partial charge in [-0.1, -0.05) is 160 Å². The lowest BCUT2D eigenvalue weighted by Gasteiger charge is -2.14. The monoisotopic (exact) mass is 996 g/mol. The summed E-state index contributed by atoms with van der Waals surface area (Å²) in [4.78, 5) is 0. The van der Waals surface area contributed by atoms with Gasteiger partial charge in [-0.3, -0.25) is 0 Å². The number of halogens is 10. The van der Waals surface area contributed by atoms with Crippen LogP contribution in [-0.4, -0.2) is 0 Å². The fourth-order valence-corrected chi connectivity index (χ4v) is 9.10. The number of hydrogen-bond acceptors (Lipinski definition) is 0. The third kappa shape index (κ3) is 12.4. The van der Waals surface area contributed by atoms with Gasteiger partial charge in [0.25, 0.3) is 0 Å². The summed E-state index contributed by atoms with van der Waals surface area (Å²) < 4.78 is 136. The van der Waals surface area contributed by atoms with Gasteiger partial charge < -0.3 is 0 Å². The molecule has 9 rings (SSSR count). The van der Waals surface area contributed by atoms with Gasteiger partial charge in [0.2, 0.25) is 0 Å². The molecule has 0 aliphatic carbocycles. The van der Waals surface area contributed by atoms with Crippen LogP contribution in [0.15, 0.2) is 183 Å². The summed E-state index contributed by atoms with van der Waals surface area (Å²) in [5, 5.41) is 4.32. The van der Waals surface area contributed by atoms with Crippen molar-refractivity contribution in [2.45, 2.75) is 70.6 Å². The first-order valence-electron chi connectivity index (χ1n) is 24.1. The molecule has 9 aromatic rings. The van der Waals surface area contributed by atoms with E-state index in [1.54, 1.807) is 36.4 Å². The standard InChI is InChI=1S/C33H23F5.C30H27F5/c1-2-3-6-21-9-10-23-18-24(12-11-22(23)17-21)25-13-15-29(31(34)19-25)28-8-5-4-7-27(28)26-14-16-30(32(35)20-26)33(36,37)38;1-2-3-4-5-6-7-20-8-9-22-17-23(11-10-21(22)16-20)24-12-14-26(28(31)18-24)25-13-15-27(29(32)19-25)30(33,34)35/h2,4-5,7-20H,1,3,6H2;8-19H,2-7H2,1H3. The van der Waals surface area contributed by atoms with Crippen molar-refractivity contribution in [2.24, 2.45) is 0 Å². The van der Waals surface area contributed by atoms with Gasteiger partial charge in [-0.25, -0.2) is 17.6 Å². The van der Waals surface area contributed by atoms with E-state index in [4.69, 9.17) is 0 Å². The number of fused-ring (bicyclic) bond motifs is 2. The van der Waals surface area contributed by atoms with Crippen molar-refractivity contribution in [1.29, 1.82) is 0 Å². The lowest BCUT2D eigenvalue weighted by molar-refractivity contribution is -0.140. The lowest BCUT2D eigenvalue weighted by atomic mass is 9.92. The molecular weight excluding hydrogens is 947 g/mol. The number of allylic oxidation sites excluding steroid dienone is 1. The Hall–Kier alpha value is -7.46. The van der Waals surface area contributed by atoms with Crippen LogP contribution in [0.1, 0.15) is 67.7 Å². The van der Waals surface area contributed by atoms with Gasteiger partial charge in [0.15, 0.2) is 0 Å². The molecule has 0 spiro atoms. The quantitative estimate of drug-likeness (QED) is 0.0579. The van der Waals surface area contributed by atoms with Crippen LogP contribution in [0, 0.1) is 23.3 Å². The summed E-state index contributed by atoms with van der Waals surface area (Å²) in [6.45, 7) is 5.98. The van der Waals surface area contributed by atoms with Gasteiger partial charge in [-0.15, -0.1) is 6.58 Å². The number of aryl methyl sites for hydroxylation is 2. The number of hydrogen-bond donors (Lipinski definition) is 0. The first kappa shape index (κ1) is 51.9. The van der Waals surface area contributed by atoms with Crippen molar-refractivity contribution in [2.75, 3.05) is 0 Å². The highest BCUT2D eigenvalue weighted by molar-refractivity contribution is 5.90. The van der Waals surface area contributed by atoms with E-state index in [1.807, 2.05) is 48.5 Å². The Kier molecular flexibility index (Phi) is 16.0. The van der Waals surface area contributed by atoms with E-state index in [0.29, 0.717) is 34.4 Å². The molecule has 0 saturated heterocycles. The number of benzene rings is 9. The molecule has 0 unspecified atom stereocenters. The highest BCUT2D eigenvalue weighted by atomic mass is 19.4. The van der Waals surface area contributed by atoms with Gasteiger partial charge in [0, 0.05) is 11.1 Å². The van der Waals surface area contributed by atoms with Gasteiger partial charge in [0.1, 0.15) is 23.3 Å². The molecule has 0 aliphatic rings. The minimum Gasteiger partial charge on any atom is -0.206 e. The van der Waals surface area contributed by atoms with E-state index in [0.717, 1.165) is 70.1 Å². The van der Waals surface area contributed by atoms with Crippen LogP contribution in [0.5, 0.6) is 0 Å². The minimum atomic E-state index is -4.80. The fraction of sp³-hybridized carbons (Fsp3) is 0.175. The van der Waals surface area contributed by atoms with Crippen LogP contribution in [-0.2, 0) is 25.2 Å². The average Bonchev–Trinajstić information content (AvgIpc) is 3.37. The third-order valence-electron chi connectivity index (χ3n) is 13.0. The molecular formula is C63H50F10. The SMILES string of the molecule is C=CCCc1ccc2cc(-c3ccc(-c4ccccc4-c4ccc(C(F)(F)F)c(F)c4)c(F)c3)ccc2c1.CCCCCCCc1ccc2cc(-c3ccc(-c4ccc(C(F)(F)F)c(F)c4)c(F)c3)ccc2c1. The Morgan fingerprint density at radius 2 is 0.781 bits per heavy atom. The molecule has 0 radical (unpaired) electrons. The highest BCUT2D eigenvalue weighted by Crippen LogP contribution is 2.40. The number of rotatable bonds is 14. The van der Waals surface area contributed by atoms with Gasteiger partial charge in [0.05, 0.1) is 11.1 Å². The van der Waals surface area contributed by atoms with Crippen molar-refractivity contribution in [3.8, 4) is 55.6 Å². The van der Waals surface area contributed by atoms with E-state index in [9.17, 15) is 39.5 Å². The van der Waals surface area contributed by atoms with Gasteiger partial charge in [-0.2, -0.15) is 26.3 Å². The Morgan fingerprint density at radius 3 is 1.27 bits per heavy atom. The molecule has 0 fully saturated rings. The molecule has 0 atom stereocenters. The minimum absolute atomic E-state index is 0.0470. The zero-order chi connectivity index (χ0) is 51.9. The molecule has 0 amide bonds. The third-order valence-corrected chi connectivity index (χ3v) is 13.0. The molecule has 73 heavy (non-hydrogen) atoms. The van der Waals surface area contributed by atoms with Gasteiger partial charge >= 0.3 is 12.4 Å². The molecule has 9 aromatic carbocycles. The zero-order valence-electron chi connectivity index (χ0n) is 39.9. The summed E-state index contributed by atoms with van der Waals surface area (Å²) in [5.74, 6) is -3.90. The molecule has 0 heterocycles. The second-order valence-electron chi connectivity index (χ2n) is 18.1. The molecule has 0 saturated carbocycles. The molecule has 372 valence electrons. The predicted molar refractivity (Wildman–Crippen MR) is 276 cm³/mol. The summed E-state index contributed by atoms with van der Waals surface area (Å²) in [6, 6.07) is 45.9. The molecule has 0 bridgehead atoms. The van der Waals surface area contributed by atoms with Crippen LogP contribution in [0.2, 0.25) is 0 Å². The van der Waals surface area contributed by atoms with E-state index in [-0.39, 0.29) is 22.3 Å². The fourth-order valence-electron chi connectivity index (χ4n) is 9.10. The Balaban J connectivity index is 0.000000196. The van der Waals surface area contributed by atoms with Crippen molar-refractivity contribution >= 4 is 21.5 Å². The first-order valence-corrected chi connectivity index (χ1v) is 24.1. The van der Waals surface area contributed by atoms with Crippen LogP contribution < -0.4 is 0 Å². The van der Waals surface area contributed by atoms with Crippen LogP contribution >= 0.6 is 0 Å². The molecule has 0 aromatic heterocycles. The molecule has 10 heteroatoms. The second-order valence-corrected chi connectivity index (χ2v) is 18.1. The van der Waals surface area contributed by atoms with E-state index < -0.39 is 46.7 Å².